The minimum Gasteiger partial charge on any atom is -0.494 e. The van der Waals surface area contributed by atoms with E-state index < -0.39 is 0 Å². The van der Waals surface area contributed by atoms with Crippen LogP contribution in [0.1, 0.15) is 38.8 Å². The molecule has 2 atom stereocenters. The molecule has 0 fully saturated rings. The minimum absolute atomic E-state index is 0.0788. The van der Waals surface area contributed by atoms with Gasteiger partial charge in [0.1, 0.15) is 5.75 Å². The lowest BCUT2D eigenvalue weighted by Gasteiger charge is -2.20. The van der Waals surface area contributed by atoms with Crippen molar-refractivity contribution in [2.45, 2.75) is 33.2 Å². The predicted octanol–water partition coefficient (Wildman–Crippen LogP) is 3.89. The number of hydrogen-bond acceptors (Lipinski definition) is 2. The maximum absolute atomic E-state index is 6.20. The summed E-state index contributed by atoms with van der Waals surface area (Å²) in [7, 11) is 0. The zero-order chi connectivity index (χ0) is 12.1. The average molecular weight is 286 g/mol. The SMILES string of the molecule is CCOc1ccc(C(N)C(C)CC)c(Br)c1. The van der Waals surface area contributed by atoms with Crippen LogP contribution in [-0.4, -0.2) is 6.61 Å². The van der Waals surface area contributed by atoms with Crippen LogP contribution >= 0.6 is 15.9 Å². The Kier molecular flexibility index (Phi) is 5.29. The molecule has 0 aliphatic heterocycles. The van der Waals surface area contributed by atoms with E-state index in [1.807, 2.05) is 25.1 Å². The standard InChI is InChI=1S/C13H20BrNO/c1-4-9(3)13(15)11-7-6-10(16-5-2)8-12(11)14/h6-9,13H,4-5,15H2,1-3H3. The van der Waals surface area contributed by atoms with E-state index in [2.05, 4.69) is 29.8 Å². The molecule has 0 aliphatic carbocycles. The van der Waals surface area contributed by atoms with Crippen LogP contribution in [0.4, 0.5) is 0 Å². The van der Waals surface area contributed by atoms with Crippen molar-refractivity contribution >= 4 is 15.9 Å². The number of ether oxygens (including phenoxy) is 1. The molecule has 1 aromatic rings. The first kappa shape index (κ1) is 13.5. The summed E-state index contributed by atoms with van der Waals surface area (Å²) in [5.41, 5.74) is 7.35. The van der Waals surface area contributed by atoms with Crippen LogP contribution in [-0.2, 0) is 0 Å². The number of halogens is 1. The largest absolute Gasteiger partial charge is 0.494 e. The third kappa shape index (κ3) is 3.22. The van der Waals surface area contributed by atoms with E-state index in [-0.39, 0.29) is 6.04 Å². The van der Waals surface area contributed by atoms with E-state index in [1.54, 1.807) is 0 Å². The molecule has 2 unspecified atom stereocenters. The maximum Gasteiger partial charge on any atom is 0.120 e. The Morgan fingerprint density at radius 3 is 2.56 bits per heavy atom. The molecule has 2 nitrogen and oxygen atoms in total. The van der Waals surface area contributed by atoms with Crippen LogP contribution in [0.2, 0.25) is 0 Å². The molecule has 1 aromatic carbocycles. The minimum atomic E-state index is 0.0788. The molecule has 0 amide bonds. The highest BCUT2D eigenvalue weighted by atomic mass is 79.9. The summed E-state index contributed by atoms with van der Waals surface area (Å²) < 4.78 is 6.47. The quantitative estimate of drug-likeness (QED) is 0.891. The average Bonchev–Trinajstić information content (AvgIpc) is 2.28. The second kappa shape index (κ2) is 6.26. The van der Waals surface area contributed by atoms with Gasteiger partial charge in [-0.05, 0) is 30.5 Å². The molecule has 0 radical (unpaired) electrons. The van der Waals surface area contributed by atoms with Crippen molar-refractivity contribution in [1.29, 1.82) is 0 Å². The molecular weight excluding hydrogens is 266 g/mol. The first-order chi connectivity index (χ1) is 7.60. The molecule has 0 aromatic heterocycles. The summed E-state index contributed by atoms with van der Waals surface area (Å²) in [5, 5.41) is 0. The van der Waals surface area contributed by atoms with Crippen LogP contribution in [0.5, 0.6) is 5.75 Å². The van der Waals surface area contributed by atoms with Gasteiger partial charge in [0.15, 0.2) is 0 Å². The van der Waals surface area contributed by atoms with Crippen molar-refractivity contribution in [3.05, 3.63) is 28.2 Å². The molecule has 0 bridgehead atoms. The molecule has 1 rings (SSSR count). The Morgan fingerprint density at radius 1 is 1.38 bits per heavy atom. The molecule has 0 aliphatic rings. The van der Waals surface area contributed by atoms with Crippen LogP contribution in [0.3, 0.4) is 0 Å². The fraction of sp³-hybridized carbons (Fsp3) is 0.538. The van der Waals surface area contributed by atoms with Crippen molar-refractivity contribution < 1.29 is 4.74 Å². The monoisotopic (exact) mass is 285 g/mol. The Hall–Kier alpha value is -0.540. The Labute approximate surface area is 106 Å². The summed E-state index contributed by atoms with van der Waals surface area (Å²) in [5.74, 6) is 1.36. The van der Waals surface area contributed by atoms with E-state index in [0.29, 0.717) is 12.5 Å². The van der Waals surface area contributed by atoms with Gasteiger partial charge in [0.2, 0.25) is 0 Å². The lowest BCUT2D eigenvalue weighted by atomic mass is 9.93. The highest BCUT2D eigenvalue weighted by Crippen LogP contribution is 2.31. The van der Waals surface area contributed by atoms with Gasteiger partial charge in [-0.1, -0.05) is 42.3 Å². The van der Waals surface area contributed by atoms with Crippen molar-refractivity contribution in [2.75, 3.05) is 6.61 Å². The van der Waals surface area contributed by atoms with Gasteiger partial charge < -0.3 is 10.5 Å². The number of nitrogens with two attached hydrogens (primary N) is 1. The van der Waals surface area contributed by atoms with E-state index in [1.165, 1.54) is 0 Å². The van der Waals surface area contributed by atoms with Crippen molar-refractivity contribution in [1.82, 2.24) is 0 Å². The van der Waals surface area contributed by atoms with E-state index in [0.717, 1.165) is 22.2 Å². The van der Waals surface area contributed by atoms with E-state index in [9.17, 15) is 0 Å². The highest BCUT2D eigenvalue weighted by molar-refractivity contribution is 9.10. The van der Waals surface area contributed by atoms with Gasteiger partial charge in [0, 0.05) is 10.5 Å². The first-order valence-electron chi connectivity index (χ1n) is 5.77. The second-order valence-electron chi connectivity index (χ2n) is 4.03. The van der Waals surface area contributed by atoms with Crippen molar-refractivity contribution in [2.24, 2.45) is 11.7 Å². The highest BCUT2D eigenvalue weighted by Gasteiger charge is 2.16. The summed E-state index contributed by atoms with van der Waals surface area (Å²) in [6, 6.07) is 6.09. The predicted molar refractivity (Wildman–Crippen MR) is 71.7 cm³/mol. The van der Waals surface area contributed by atoms with Gasteiger partial charge in [0.05, 0.1) is 6.61 Å². The molecule has 3 heteroatoms. The van der Waals surface area contributed by atoms with Crippen LogP contribution in [0.25, 0.3) is 0 Å². The second-order valence-corrected chi connectivity index (χ2v) is 4.88. The third-order valence-electron chi connectivity index (χ3n) is 2.90. The smallest absolute Gasteiger partial charge is 0.120 e. The van der Waals surface area contributed by atoms with Crippen LogP contribution < -0.4 is 10.5 Å². The first-order valence-corrected chi connectivity index (χ1v) is 6.57. The van der Waals surface area contributed by atoms with E-state index >= 15 is 0 Å². The molecular formula is C13H20BrNO. The normalized spacial score (nSPS) is 14.6. The molecule has 2 N–H and O–H groups in total. The van der Waals surface area contributed by atoms with Gasteiger partial charge in [0.25, 0.3) is 0 Å². The number of hydrogen-bond donors (Lipinski definition) is 1. The third-order valence-corrected chi connectivity index (χ3v) is 3.59. The van der Waals surface area contributed by atoms with Gasteiger partial charge in [-0.15, -0.1) is 0 Å². The van der Waals surface area contributed by atoms with Gasteiger partial charge >= 0.3 is 0 Å². The lowest BCUT2D eigenvalue weighted by Crippen LogP contribution is -2.18. The fourth-order valence-electron chi connectivity index (χ4n) is 1.60. The number of rotatable bonds is 5. The molecule has 0 spiro atoms. The molecule has 0 saturated carbocycles. The number of benzene rings is 1. The Bertz CT molecular complexity index is 341. The maximum atomic E-state index is 6.20. The molecule has 16 heavy (non-hydrogen) atoms. The lowest BCUT2D eigenvalue weighted by molar-refractivity contribution is 0.339. The van der Waals surface area contributed by atoms with Gasteiger partial charge in [-0.3, -0.25) is 0 Å². The van der Waals surface area contributed by atoms with Crippen molar-refractivity contribution in [3.63, 3.8) is 0 Å². The molecule has 90 valence electrons. The summed E-state index contributed by atoms with van der Waals surface area (Å²) in [6.07, 6.45) is 1.08. The topological polar surface area (TPSA) is 35.2 Å². The Morgan fingerprint density at radius 2 is 2.06 bits per heavy atom. The summed E-state index contributed by atoms with van der Waals surface area (Å²) >= 11 is 3.56. The van der Waals surface area contributed by atoms with Gasteiger partial charge in [-0.2, -0.15) is 0 Å². The van der Waals surface area contributed by atoms with Crippen LogP contribution in [0.15, 0.2) is 22.7 Å². The van der Waals surface area contributed by atoms with Gasteiger partial charge in [-0.25, -0.2) is 0 Å². The van der Waals surface area contributed by atoms with E-state index in [4.69, 9.17) is 10.5 Å². The zero-order valence-corrected chi connectivity index (χ0v) is 11.8. The summed E-state index contributed by atoms with van der Waals surface area (Å²) in [4.78, 5) is 0. The zero-order valence-electron chi connectivity index (χ0n) is 10.2. The summed E-state index contributed by atoms with van der Waals surface area (Å²) in [6.45, 7) is 7.00. The molecule has 0 heterocycles. The van der Waals surface area contributed by atoms with Crippen molar-refractivity contribution in [3.8, 4) is 5.75 Å². The Balaban J connectivity index is 2.89. The van der Waals surface area contributed by atoms with Crippen LogP contribution in [0, 0.1) is 5.92 Å². The fourth-order valence-corrected chi connectivity index (χ4v) is 2.22. The molecule has 0 saturated heterocycles.